The maximum Gasteiger partial charge on any atom is 0.222 e. The number of hydrogen-bond donors (Lipinski definition) is 0. The van der Waals surface area contributed by atoms with Crippen molar-refractivity contribution in [3.8, 4) is 5.75 Å². The summed E-state index contributed by atoms with van der Waals surface area (Å²) in [6.45, 7) is 8.00. The summed E-state index contributed by atoms with van der Waals surface area (Å²) in [5, 5.41) is 0. The highest BCUT2D eigenvalue weighted by molar-refractivity contribution is 5.78. The van der Waals surface area contributed by atoms with Crippen molar-refractivity contribution < 1.29 is 9.53 Å². The van der Waals surface area contributed by atoms with E-state index in [1.165, 1.54) is 19.3 Å². The van der Waals surface area contributed by atoms with Crippen molar-refractivity contribution in [2.45, 2.75) is 65.0 Å². The van der Waals surface area contributed by atoms with Gasteiger partial charge in [-0.15, -0.1) is 0 Å². The minimum absolute atomic E-state index is 0.336. The minimum Gasteiger partial charge on any atom is -0.496 e. The van der Waals surface area contributed by atoms with Gasteiger partial charge < -0.3 is 9.64 Å². The summed E-state index contributed by atoms with van der Waals surface area (Å²) < 4.78 is 5.56. The van der Waals surface area contributed by atoms with E-state index in [1.54, 1.807) is 7.11 Å². The summed E-state index contributed by atoms with van der Waals surface area (Å²) in [4.78, 5) is 21.1. The molecular weight excluding hydrogens is 314 g/mol. The van der Waals surface area contributed by atoms with Gasteiger partial charge in [-0.25, -0.2) is 0 Å². The summed E-state index contributed by atoms with van der Waals surface area (Å²) in [5.41, 5.74) is 3.36. The first-order chi connectivity index (χ1) is 12.1. The number of rotatable bonds is 6. The number of hydrogen-bond acceptors (Lipinski definition) is 4. The molecule has 2 fully saturated rings. The molecule has 5 nitrogen and oxygen atoms in total. The van der Waals surface area contributed by atoms with Gasteiger partial charge in [-0.05, 0) is 46.1 Å². The lowest BCUT2D eigenvalue weighted by Crippen LogP contribution is -2.41. The van der Waals surface area contributed by atoms with Crippen LogP contribution in [0.15, 0.2) is 6.20 Å². The average Bonchev–Trinajstić information content (AvgIpc) is 3.02. The SMILES string of the molecule is COc1c(C)cnc(CN2CCCC[C@H]2CCN2CCCC2=O)c1C. The number of carbonyl (C=O) groups is 1. The van der Waals surface area contributed by atoms with Gasteiger partial charge in [0.1, 0.15) is 5.75 Å². The predicted molar refractivity (Wildman–Crippen MR) is 98.7 cm³/mol. The van der Waals surface area contributed by atoms with Crippen LogP contribution >= 0.6 is 0 Å². The number of pyridine rings is 1. The molecule has 138 valence electrons. The van der Waals surface area contributed by atoms with E-state index in [0.717, 1.165) is 68.0 Å². The molecule has 2 aliphatic heterocycles. The third-order valence-corrected chi connectivity index (χ3v) is 5.76. The van der Waals surface area contributed by atoms with Crippen LogP contribution in [0.4, 0.5) is 0 Å². The molecule has 1 aromatic heterocycles. The molecule has 0 aromatic carbocycles. The molecule has 25 heavy (non-hydrogen) atoms. The van der Waals surface area contributed by atoms with Crippen LogP contribution in [-0.2, 0) is 11.3 Å². The van der Waals surface area contributed by atoms with Crippen LogP contribution in [0.25, 0.3) is 0 Å². The maximum absolute atomic E-state index is 11.9. The summed E-state index contributed by atoms with van der Waals surface area (Å²) >= 11 is 0. The second kappa shape index (κ2) is 8.17. The van der Waals surface area contributed by atoms with Crippen molar-refractivity contribution in [3.05, 3.63) is 23.0 Å². The summed E-state index contributed by atoms with van der Waals surface area (Å²) in [5.74, 6) is 1.30. The molecule has 0 saturated carbocycles. The fourth-order valence-electron chi connectivity index (χ4n) is 4.26. The molecule has 0 N–H and O–H groups in total. The second-order valence-corrected chi connectivity index (χ2v) is 7.44. The number of amides is 1. The highest BCUT2D eigenvalue weighted by atomic mass is 16.5. The van der Waals surface area contributed by atoms with Gasteiger partial charge in [0, 0.05) is 49.4 Å². The van der Waals surface area contributed by atoms with Crippen molar-refractivity contribution >= 4 is 5.91 Å². The number of likely N-dealkylation sites (tertiary alicyclic amines) is 2. The topological polar surface area (TPSA) is 45.7 Å². The number of methoxy groups -OCH3 is 1. The first-order valence-electron chi connectivity index (χ1n) is 9.61. The van der Waals surface area contributed by atoms with Crippen LogP contribution < -0.4 is 4.74 Å². The Bertz CT molecular complexity index is 617. The molecule has 1 aromatic rings. The first kappa shape index (κ1) is 18.2. The number of nitrogens with zero attached hydrogens (tertiary/aromatic N) is 3. The van der Waals surface area contributed by atoms with E-state index in [-0.39, 0.29) is 0 Å². The van der Waals surface area contributed by atoms with E-state index in [1.807, 2.05) is 18.0 Å². The highest BCUT2D eigenvalue weighted by Gasteiger charge is 2.26. The Morgan fingerprint density at radius 2 is 2.08 bits per heavy atom. The van der Waals surface area contributed by atoms with Crippen LogP contribution in [-0.4, -0.2) is 53.5 Å². The van der Waals surface area contributed by atoms with E-state index in [0.29, 0.717) is 11.9 Å². The first-order valence-corrected chi connectivity index (χ1v) is 9.61. The maximum atomic E-state index is 11.9. The Morgan fingerprint density at radius 1 is 1.24 bits per heavy atom. The second-order valence-electron chi connectivity index (χ2n) is 7.44. The van der Waals surface area contributed by atoms with Gasteiger partial charge in [0.15, 0.2) is 0 Å². The summed E-state index contributed by atoms with van der Waals surface area (Å²) in [6.07, 6.45) is 8.53. The van der Waals surface area contributed by atoms with Gasteiger partial charge in [-0.2, -0.15) is 0 Å². The fraction of sp³-hybridized carbons (Fsp3) is 0.700. The molecule has 0 unspecified atom stereocenters. The largest absolute Gasteiger partial charge is 0.496 e. The molecule has 0 spiro atoms. The van der Waals surface area contributed by atoms with Gasteiger partial charge in [0.05, 0.1) is 12.8 Å². The van der Waals surface area contributed by atoms with Crippen molar-refractivity contribution in [2.24, 2.45) is 0 Å². The van der Waals surface area contributed by atoms with Gasteiger partial charge in [-0.3, -0.25) is 14.7 Å². The zero-order valence-corrected chi connectivity index (χ0v) is 15.9. The van der Waals surface area contributed by atoms with Crippen molar-refractivity contribution in [1.82, 2.24) is 14.8 Å². The molecule has 1 atom stereocenters. The Balaban J connectivity index is 1.66. The van der Waals surface area contributed by atoms with Crippen LogP contribution in [0, 0.1) is 13.8 Å². The Morgan fingerprint density at radius 3 is 2.80 bits per heavy atom. The quantitative estimate of drug-likeness (QED) is 0.795. The number of carbonyl (C=O) groups excluding carboxylic acids is 1. The number of aryl methyl sites for hydroxylation is 1. The zero-order valence-electron chi connectivity index (χ0n) is 15.9. The van der Waals surface area contributed by atoms with Crippen LogP contribution in [0.2, 0.25) is 0 Å². The normalized spacial score (nSPS) is 21.8. The Hall–Kier alpha value is -1.62. The van der Waals surface area contributed by atoms with Gasteiger partial charge in [0.25, 0.3) is 0 Å². The lowest BCUT2D eigenvalue weighted by atomic mass is 9.98. The van der Waals surface area contributed by atoms with Crippen LogP contribution in [0.5, 0.6) is 5.75 Å². The molecule has 2 saturated heterocycles. The van der Waals surface area contributed by atoms with Gasteiger partial charge in [-0.1, -0.05) is 6.42 Å². The van der Waals surface area contributed by atoms with Crippen molar-refractivity contribution in [2.75, 3.05) is 26.7 Å². The smallest absolute Gasteiger partial charge is 0.222 e. The molecular formula is C20H31N3O2. The standard InChI is InChI=1S/C20H31N3O2/c1-15-13-21-18(16(2)20(15)25-3)14-23-10-5-4-7-17(23)9-12-22-11-6-8-19(22)24/h13,17H,4-12,14H2,1-3H3/t17-/m0/s1. The van der Waals surface area contributed by atoms with E-state index in [2.05, 4.69) is 16.8 Å². The predicted octanol–water partition coefficient (Wildman–Crippen LogP) is 3.07. The lowest BCUT2D eigenvalue weighted by molar-refractivity contribution is -0.127. The van der Waals surface area contributed by atoms with E-state index in [9.17, 15) is 4.79 Å². The Kier molecular flexibility index (Phi) is 5.94. The fourth-order valence-corrected chi connectivity index (χ4v) is 4.26. The summed E-state index contributed by atoms with van der Waals surface area (Å²) in [6, 6.07) is 0.552. The third kappa shape index (κ3) is 4.14. The zero-order chi connectivity index (χ0) is 17.8. The van der Waals surface area contributed by atoms with E-state index in [4.69, 9.17) is 4.74 Å². The molecule has 0 radical (unpaired) electrons. The average molecular weight is 345 g/mol. The van der Waals surface area contributed by atoms with Crippen LogP contribution in [0.3, 0.4) is 0 Å². The molecule has 3 heterocycles. The molecule has 0 bridgehead atoms. The number of ether oxygens (including phenoxy) is 1. The molecule has 2 aliphatic rings. The monoisotopic (exact) mass is 345 g/mol. The minimum atomic E-state index is 0.336. The van der Waals surface area contributed by atoms with Gasteiger partial charge >= 0.3 is 0 Å². The van der Waals surface area contributed by atoms with Crippen molar-refractivity contribution in [1.29, 1.82) is 0 Å². The van der Waals surface area contributed by atoms with E-state index >= 15 is 0 Å². The number of piperidine rings is 1. The molecule has 5 heteroatoms. The van der Waals surface area contributed by atoms with Crippen LogP contribution in [0.1, 0.15) is 55.3 Å². The number of aromatic nitrogens is 1. The molecule has 1 amide bonds. The summed E-state index contributed by atoms with van der Waals surface area (Å²) in [7, 11) is 1.73. The lowest BCUT2D eigenvalue weighted by Gasteiger charge is -2.36. The Labute approximate surface area is 151 Å². The highest BCUT2D eigenvalue weighted by Crippen LogP contribution is 2.28. The van der Waals surface area contributed by atoms with Gasteiger partial charge in [0.2, 0.25) is 5.91 Å². The van der Waals surface area contributed by atoms with E-state index < -0.39 is 0 Å². The molecule has 3 rings (SSSR count). The van der Waals surface area contributed by atoms with Crippen molar-refractivity contribution in [3.63, 3.8) is 0 Å². The third-order valence-electron chi connectivity index (χ3n) is 5.76. The molecule has 0 aliphatic carbocycles.